The Balaban J connectivity index is 2.05. The number of anilines is 1. The fraction of sp³-hybridized carbons (Fsp3) is 0.538. The van der Waals surface area contributed by atoms with Gasteiger partial charge in [-0.05, 0) is 36.6 Å². The van der Waals surface area contributed by atoms with Crippen LogP contribution in [0.25, 0.3) is 0 Å². The van der Waals surface area contributed by atoms with Crippen molar-refractivity contribution in [3.63, 3.8) is 0 Å². The van der Waals surface area contributed by atoms with Crippen LogP contribution in [0.15, 0.2) is 22.7 Å². The van der Waals surface area contributed by atoms with E-state index in [0.717, 1.165) is 6.54 Å². The second-order valence-electron chi connectivity index (χ2n) is 4.88. The van der Waals surface area contributed by atoms with Gasteiger partial charge in [-0.2, -0.15) is 0 Å². The maximum atomic E-state index is 3.59. The lowest BCUT2D eigenvalue weighted by molar-refractivity contribution is 0.319. The van der Waals surface area contributed by atoms with E-state index in [0.29, 0.717) is 5.41 Å². The van der Waals surface area contributed by atoms with Gasteiger partial charge in [-0.15, -0.1) is 0 Å². The fourth-order valence-electron chi connectivity index (χ4n) is 3.14. The van der Waals surface area contributed by atoms with E-state index >= 15 is 0 Å². The minimum atomic E-state index is 0.456. The minimum Gasteiger partial charge on any atom is -0.384 e. The monoisotopic (exact) mass is 265 g/mol. The van der Waals surface area contributed by atoms with Crippen LogP contribution < -0.4 is 5.32 Å². The van der Waals surface area contributed by atoms with Crippen molar-refractivity contribution in [2.45, 2.75) is 37.5 Å². The van der Waals surface area contributed by atoms with Crippen LogP contribution in [0.3, 0.4) is 0 Å². The first-order valence-electron chi connectivity index (χ1n) is 5.84. The lowest BCUT2D eigenvalue weighted by Gasteiger charge is -2.33. The van der Waals surface area contributed by atoms with Gasteiger partial charge in [-0.3, -0.25) is 0 Å². The van der Waals surface area contributed by atoms with Crippen molar-refractivity contribution in [3.05, 3.63) is 28.2 Å². The van der Waals surface area contributed by atoms with Gasteiger partial charge in [0.1, 0.15) is 0 Å². The van der Waals surface area contributed by atoms with E-state index in [-0.39, 0.29) is 0 Å². The van der Waals surface area contributed by atoms with Crippen molar-refractivity contribution in [1.29, 1.82) is 0 Å². The average Bonchev–Trinajstić information content (AvgIpc) is 2.59. The summed E-state index contributed by atoms with van der Waals surface area (Å²) in [5, 5.41) is 3.57. The average molecular weight is 266 g/mol. The summed E-state index contributed by atoms with van der Waals surface area (Å²) in [4.78, 5) is 0. The molecule has 1 fully saturated rings. The molecule has 1 aromatic rings. The molecule has 1 saturated carbocycles. The zero-order valence-corrected chi connectivity index (χ0v) is 10.4. The van der Waals surface area contributed by atoms with Crippen molar-refractivity contribution < 1.29 is 0 Å². The topological polar surface area (TPSA) is 12.0 Å². The molecule has 1 nitrogen and oxygen atoms in total. The molecule has 1 spiro atoms. The number of rotatable bonds is 0. The van der Waals surface area contributed by atoms with Gasteiger partial charge in [0.2, 0.25) is 0 Å². The summed E-state index contributed by atoms with van der Waals surface area (Å²) in [6.07, 6.45) is 6.94. The molecule has 0 atom stereocenters. The van der Waals surface area contributed by atoms with Crippen LogP contribution in [-0.2, 0) is 5.41 Å². The predicted octanol–water partition coefficient (Wildman–Crippen LogP) is 4.08. The van der Waals surface area contributed by atoms with E-state index in [4.69, 9.17) is 0 Å². The van der Waals surface area contributed by atoms with Gasteiger partial charge in [0, 0.05) is 22.1 Å². The Hall–Kier alpha value is -0.500. The molecule has 80 valence electrons. The molecule has 3 rings (SSSR count). The first-order valence-corrected chi connectivity index (χ1v) is 6.63. The Kier molecular flexibility index (Phi) is 2.27. The quantitative estimate of drug-likeness (QED) is 0.746. The maximum absolute atomic E-state index is 3.59. The second kappa shape index (κ2) is 3.51. The van der Waals surface area contributed by atoms with E-state index < -0.39 is 0 Å². The number of hydrogen-bond donors (Lipinski definition) is 1. The highest BCUT2D eigenvalue weighted by Gasteiger charge is 2.39. The second-order valence-corrected chi connectivity index (χ2v) is 5.80. The van der Waals surface area contributed by atoms with E-state index in [1.807, 2.05) is 0 Å². The van der Waals surface area contributed by atoms with Gasteiger partial charge in [0.25, 0.3) is 0 Å². The van der Waals surface area contributed by atoms with Crippen LogP contribution in [-0.4, -0.2) is 6.54 Å². The normalized spacial score (nSPS) is 22.5. The molecular formula is C13H16BrN. The van der Waals surface area contributed by atoms with Crippen LogP contribution >= 0.6 is 15.9 Å². The number of halogens is 1. The van der Waals surface area contributed by atoms with Gasteiger partial charge in [-0.1, -0.05) is 35.2 Å². The van der Waals surface area contributed by atoms with Crippen molar-refractivity contribution in [3.8, 4) is 0 Å². The van der Waals surface area contributed by atoms with Gasteiger partial charge < -0.3 is 5.32 Å². The molecule has 1 aliphatic heterocycles. The van der Waals surface area contributed by atoms with Gasteiger partial charge >= 0.3 is 0 Å². The lowest BCUT2D eigenvalue weighted by atomic mass is 9.71. The highest BCUT2D eigenvalue weighted by molar-refractivity contribution is 9.10. The molecule has 0 amide bonds. The third kappa shape index (κ3) is 1.50. The Labute approximate surface area is 99.4 Å². The number of nitrogens with one attached hydrogen (secondary N) is 1. The molecule has 2 aliphatic rings. The van der Waals surface area contributed by atoms with Crippen molar-refractivity contribution in [2.24, 2.45) is 0 Å². The summed E-state index contributed by atoms with van der Waals surface area (Å²) in [5.41, 5.74) is 3.37. The smallest absolute Gasteiger partial charge is 0.0380 e. The number of fused-ring (bicyclic) bond motifs is 2. The third-order valence-corrected chi connectivity index (χ3v) is 4.47. The minimum absolute atomic E-state index is 0.456. The number of hydrogen-bond acceptors (Lipinski definition) is 1. The summed E-state index contributed by atoms with van der Waals surface area (Å²) in [6, 6.07) is 6.66. The Morgan fingerprint density at radius 2 is 1.93 bits per heavy atom. The summed E-state index contributed by atoms with van der Waals surface area (Å²) >= 11 is 3.59. The van der Waals surface area contributed by atoms with E-state index in [2.05, 4.69) is 39.4 Å². The summed E-state index contributed by atoms with van der Waals surface area (Å²) in [7, 11) is 0. The molecule has 0 aromatic heterocycles. The van der Waals surface area contributed by atoms with Gasteiger partial charge in [-0.25, -0.2) is 0 Å². The lowest BCUT2D eigenvalue weighted by Crippen LogP contribution is -2.30. The highest BCUT2D eigenvalue weighted by Crippen LogP contribution is 2.47. The molecule has 1 aliphatic carbocycles. The molecule has 1 heterocycles. The molecule has 0 saturated heterocycles. The molecule has 1 N–H and O–H groups in total. The van der Waals surface area contributed by atoms with Crippen LogP contribution in [0.5, 0.6) is 0 Å². The zero-order chi connectivity index (χ0) is 10.3. The SMILES string of the molecule is Brc1ccc2c(c1)C1(CCCCC1)CN2. The molecular weight excluding hydrogens is 250 g/mol. The van der Waals surface area contributed by atoms with Crippen molar-refractivity contribution in [1.82, 2.24) is 0 Å². The first-order chi connectivity index (χ1) is 7.30. The zero-order valence-electron chi connectivity index (χ0n) is 8.85. The van der Waals surface area contributed by atoms with Crippen molar-refractivity contribution >= 4 is 21.6 Å². The molecule has 15 heavy (non-hydrogen) atoms. The molecule has 2 heteroatoms. The number of benzene rings is 1. The van der Waals surface area contributed by atoms with Gasteiger partial charge in [0.15, 0.2) is 0 Å². The van der Waals surface area contributed by atoms with E-state index in [1.165, 1.54) is 42.3 Å². The van der Waals surface area contributed by atoms with E-state index in [1.54, 1.807) is 5.56 Å². The van der Waals surface area contributed by atoms with Crippen LogP contribution in [0.1, 0.15) is 37.7 Å². The third-order valence-electron chi connectivity index (χ3n) is 3.98. The highest BCUT2D eigenvalue weighted by atomic mass is 79.9. The van der Waals surface area contributed by atoms with Gasteiger partial charge in [0.05, 0.1) is 0 Å². The molecule has 0 unspecified atom stereocenters. The molecule has 0 radical (unpaired) electrons. The molecule has 1 aromatic carbocycles. The summed E-state index contributed by atoms with van der Waals surface area (Å²) in [6.45, 7) is 1.15. The van der Waals surface area contributed by atoms with Crippen LogP contribution in [0.2, 0.25) is 0 Å². The van der Waals surface area contributed by atoms with E-state index in [9.17, 15) is 0 Å². The Bertz CT molecular complexity index is 375. The fourth-order valence-corrected chi connectivity index (χ4v) is 3.50. The largest absolute Gasteiger partial charge is 0.384 e. The van der Waals surface area contributed by atoms with Crippen LogP contribution in [0.4, 0.5) is 5.69 Å². The summed E-state index contributed by atoms with van der Waals surface area (Å²) in [5.74, 6) is 0. The molecule has 0 bridgehead atoms. The Morgan fingerprint density at radius 1 is 1.13 bits per heavy atom. The first kappa shape index (κ1) is 9.71. The Morgan fingerprint density at radius 3 is 2.73 bits per heavy atom. The summed E-state index contributed by atoms with van der Waals surface area (Å²) < 4.78 is 1.22. The predicted molar refractivity (Wildman–Crippen MR) is 67.4 cm³/mol. The maximum Gasteiger partial charge on any atom is 0.0380 e. The van der Waals surface area contributed by atoms with Crippen LogP contribution in [0, 0.1) is 0 Å². The standard InChI is InChI=1S/C13H16BrN/c14-10-4-5-12-11(8-10)13(9-15-12)6-2-1-3-7-13/h4-5,8,15H,1-3,6-7,9H2. The van der Waals surface area contributed by atoms with Crippen molar-refractivity contribution in [2.75, 3.05) is 11.9 Å².